The predicted octanol–water partition coefficient (Wildman–Crippen LogP) is 2.73. The highest BCUT2D eigenvalue weighted by atomic mass is 16.3. The van der Waals surface area contributed by atoms with Gasteiger partial charge in [0.2, 0.25) is 0 Å². The quantitative estimate of drug-likeness (QED) is 0.573. The van der Waals surface area contributed by atoms with Gasteiger partial charge in [-0.2, -0.15) is 0 Å². The standard InChI is InChI=1S/C17H34N2O2/c1-3-4-6-9-13(2)19-17(21)16(20)15(18)12-14-10-7-5-8-11-14/h13-16,20H,3-12,18H2,1-2H3,(H,19,21)/t13?,15-,16?/m1/s1. The third kappa shape index (κ3) is 7.28. The molecule has 4 N–H and O–H groups in total. The summed E-state index contributed by atoms with van der Waals surface area (Å²) >= 11 is 0. The maximum Gasteiger partial charge on any atom is 0.250 e. The zero-order valence-corrected chi connectivity index (χ0v) is 13.8. The van der Waals surface area contributed by atoms with E-state index in [2.05, 4.69) is 12.2 Å². The van der Waals surface area contributed by atoms with Crippen molar-refractivity contribution in [3.63, 3.8) is 0 Å². The van der Waals surface area contributed by atoms with E-state index in [0.29, 0.717) is 5.92 Å². The fraction of sp³-hybridized carbons (Fsp3) is 0.941. The lowest BCUT2D eigenvalue weighted by atomic mass is 9.84. The zero-order chi connectivity index (χ0) is 15.7. The Kier molecular flexibility index (Phi) is 8.93. The number of carbonyl (C=O) groups is 1. The number of hydrogen-bond acceptors (Lipinski definition) is 3. The molecular weight excluding hydrogens is 264 g/mol. The Morgan fingerprint density at radius 2 is 1.95 bits per heavy atom. The molecule has 0 radical (unpaired) electrons. The topological polar surface area (TPSA) is 75.3 Å². The summed E-state index contributed by atoms with van der Waals surface area (Å²) in [6.45, 7) is 4.16. The Labute approximate surface area is 129 Å². The number of aliphatic hydroxyl groups is 1. The summed E-state index contributed by atoms with van der Waals surface area (Å²) in [4.78, 5) is 12.0. The molecule has 0 aromatic heterocycles. The highest BCUT2D eigenvalue weighted by Crippen LogP contribution is 2.27. The molecule has 0 aromatic carbocycles. The molecular formula is C17H34N2O2. The van der Waals surface area contributed by atoms with Gasteiger partial charge in [0.1, 0.15) is 6.10 Å². The van der Waals surface area contributed by atoms with Crippen LogP contribution in [0.25, 0.3) is 0 Å². The van der Waals surface area contributed by atoms with Crippen LogP contribution in [0, 0.1) is 5.92 Å². The second-order valence-corrected chi connectivity index (χ2v) is 6.75. The van der Waals surface area contributed by atoms with Crippen molar-refractivity contribution in [1.29, 1.82) is 0 Å². The Balaban J connectivity index is 2.27. The first-order valence-corrected chi connectivity index (χ1v) is 8.78. The molecule has 1 aliphatic carbocycles. The van der Waals surface area contributed by atoms with E-state index < -0.39 is 12.1 Å². The van der Waals surface area contributed by atoms with Crippen molar-refractivity contribution >= 4 is 5.91 Å². The predicted molar refractivity (Wildman–Crippen MR) is 86.9 cm³/mol. The first kappa shape index (κ1) is 18.4. The Morgan fingerprint density at radius 1 is 1.29 bits per heavy atom. The maximum atomic E-state index is 12.0. The lowest BCUT2D eigenvalue weighted by Crippen LogP contribution is -2.49. The van der Waals surface area contributed by atoms with Crippen LogP contribution in [-0.2, 0) is 4.79 Å². The SMILES string of the molecule is CCCCCC(C)NC(=O)C(O)[C@H](N)CC1CCCCC1. The Morgan fingerprint density at radius 3 is 2.57 bits per heavy atom. The van der Waals surface area contributed by atoms with Crippen LogP contribution in [0.15, 0.2) is 0 Å². The molecule has 21 heavy (non-hydrogen) atoms. The monoisotopic (exact) mass is 298 g/mol. The van der Waals surface area contributed by atoms with Gasteiger partial charge in [-0.05, 0) is 25.7 Å². The summed E-state index contributed by atoms with van der Waals surface area (Å²) in [7, 11) is 0. The minimum absolute atomic E-state index is 0.112. The Hall–Kier alpha value is -0.610. The van der Waals surface area contributed by atoms with Crippen molar-refractivity contribution < 1.29 is 9.90 Å². The van der Waals surface area contributed by atoms with Crippen molar-refractivity contribution in [3.8, 4) is 0 Å². The van der Waals surface area contributed by atoms with E-state index in [-0.39, 0.29) is 11.9 Å². The number of hydrogen-bond donors (Lipinski definition) is 3. The van der Waals surface area contributed by atoms with Crippen LogP contribution < -0.4 is 11.1 Å². The molecule has 1 amide bonds. The van der Waals surface area contributed by atoms with Gasteiger partial charge in [0.05, 0.1) is 0 Å². The number of carbonyl (C=O) groups excluding carboxylic acids is 1. The van der Waals surface area contributed by atoms with Gasteiger partial charge in [-0.25, -0.2) is 0 Å². The third-order valence-electron chi connectivity index (χ3n) is 4.63. The molecule has 4 heteroatoms. The van der Waals surface area contributed by atoms with Crippen molar-refractivity contribution in [3.05, 3.63) is 0 Å². The van der Waals surface area contributed by atoms with Gasteiger partial charge in [0.15, 0.2) is 0 Å². The normalized spacial score (nSPS) is 20.8. The molecule has 0 saturated heterocycles. The minimum Gasteiger partial charge on any atom is -0.382 e. The molecule has 1 rings (SSSR count). The molecule has 0 aromatic rings. The van der Waals surface area contributed by atoms with Gasteiger partial charge >= 0.3 is 0 Å². The fourth-order valence-electron chi connectivity index (χ4n) is 3.23. The lowest BCUT2D eigenvalue weighted by Gasteiger charge is -2.27. The molecule has 4 nitrogen and oxygen atoms in total. The smallest absolute Gasteiger partial charge is 0.250 e. The average Bonchev–Trinajstić information content (AvgIpc) is 2.47. The van der Waals surface area contributed by atoms with Gasteiger partial charge in [-0.15, -0.1) is 0 Å². The first-order chi connectivity index (χ1) is 10.0. The van der Waals surface area contributed by atoms with Gasteiger partial charge < -0.3 is 16.2 Å². The Bertz CT molecular complexity index is 291. The van der Waals surface area contributed by atoms with Crippen LogP contribution in [0.4, 0.5) is 0 Å². The van der Waals surface area contributed by atoms with Crippen molar-refractivity contribution in [2.24, 2.45) is 11.7 Å². The molecule has 1 aliphatic rings. The van der Waals surface area contributed by atoms with Crippen LogP contribution >= 0.6 is 0 Å². The number of amides is 1. The third-order valence-corrected chi connectivity index (χ3v) is 4.63. The van der Waals surface area contributed by atoms with Crippen molar-refractivity contribution in [1.82, 2.24) is 5.32 Å². The average molecular weight is 298 g/mol. The van der Waals surface area contributed by atoms with Crippen molar-refractivity contribution in [2.45, 2.75) is 96.2 Å². The molecule has 0 aliphatic heterocycles. The lowest BCUT2D eigenvalue weighted by molar-refractivity contribution is -0.131. The van der Waals surface area contributed by atoms with Crippen LogP contribution in [-0.4, -0.2) is 29.2 Å². The van der Waals surface area contributed by atoms with E-state index in [1.54, 1.807) is 0 Å². The van der Waals surface area contributed by atoms with Gasteiger partial charge in [-0.1, -0.05) is 58.3 Å². The van der Waals surface area contributed by atoms with Gasteiger partial charge in [0.25, 0.3) is 5.91 Å². The molecule has 2 unspecified atom stereocenters. The molecule has 0 heterocycles. The van der Waals surface area contributed by atoms with Gasteiger partial charge in [-0.3, -0.25) is 4.79 Å². The minimum atomic E-state index is -1.07. The van der Waals surface area contributed by atoms with E-state index in [1.165, 1.54) is 44.9 Å². The van der Waals surface area contributed by atoms with Crippen LogP contribution in [0.1, 0.15) is 78.1 Å². The molecule has 1 saturated carbocycles. The van der Waals surface area contributed by atoms with Crippen LogP contribution in [0.2, 0.25) is 0 Å². The van der Waals surface area contributed by atoms with E-state index >= 15 is 0 Å². The number of nitrogens with one attached hydrogen (secondary N) is 1. The number of nitrogens with two attached hydrogens (primary N) is 1. The van der Waals surface area contributed by atoms with E-state index in [9.17, 15) is 9.90 Å². The second-order valence-electron chi connectivity index (χ2n) is 6.75. The maximum absolute atomic E-state index is 12.0. The summed E-state index contributed by atoms with van der Waals surface area (Å²) in [5.74, 6) is 0.278. The largest absolute Gasteiger partial charge is 0.382 e. The second kappa shape index (κ2) is 10.2. The van der Waals surface area contributed by atoms with E-state index in [0.717, 1.165) is 19.3 Å². The van der Waals surface area contributed by atoms with Crippen LogP contribution in [0.5, 0.6) is 0 Å². The number of unbranched alkanes of at least 4 members (excludes halogenated alkanes) is 2. The molecule has 124 valence electrons. The molecule has 3 atom stereocenters. The summed E-state index contributed by atoms with van der Waals surface area (Å²) in [5.41, 5.74) is 6.04. The van der Waals surface area contributed by atoms with Gasteiger partial charge in [0, 0.05) is 12.1 Å². The summed E-state index contributed by atoms with van der Waals surface area (Å²) in [6, 6.07) is -0.323. The molecule has 0 spiro atoms. The first-order valence-electron chi connectivity index (χ1n) is 8.78. The fourth-order valence-corrected chi connectivity index (χ4v) is 3.23. The summed E-state index contributed by atoms with van der Waals surface area (Å²) < 4.78 is 0. The molecule has 0 bridgehead atoms. The zero-order valence-electron chi connectivity index (χ0n) is 13.8. The van der Waals surface area contributed by atoms with Crippen LogP contribution in [0.3, 0.4) is 0 Å². The number of aliphatic hydroxyl groups excluding tert-OH is 1. The number of rotatable bonds is 9. The van der Waals surface area contributed by atoms with E-state index in [4.69, 9.17) is 5.73 Å². The highest BCUT2D eigenvalue weighted by Gasteiger charge is 2.27. The summed E-state index contributed by atoms with van der Waals surface area (Å²) in [6.07, 6.45) is 10.3. The highest BCUT2D eigenvalue weighted by molar-refractivity contribution is 5.81. The summed E-state index contributed by atoms with van der Waals surface area (Å²) in [5, 5.41) is 13.0. The molecule has 1 fully saturated rings. The van der Waals surface area contributed by atoms with Crippen molar-refractivity contribution in [2.75, 3.05) is 0 Å². The van der Waals surface area contributed by atoms with E-state index in [1.807, 2.05) is 6.92 Å².